The molecule has 2 atom stereocenters. The molecule has 1 aromatic heterocycles. The Labute approximate surface area is 223 Å². The molecule has 6 N–H and O–H groups in total. The first-order valence-corrected chi connectivity index (χ1v) is 11.8. The number of fused-ring (bicyclic) bond motifs is 1. The summed E-state index contributed by atoms with van der Waals surface area (Å²) >= 11 is 0. The number of alkyl halides is 4. The summed E-state index contributed by atoms with van der Waals surface area (Å²) in [6, 6.07) is 6.33. The van der Waals surface area contributed by atoms with Gasteiger partial charge in [-0.25, -0.2) is 9.38 Å². The van der Waals surface area contributed by atoms with E-state index in [4.69, 9.17) is 0 Å². The van der Waals surface area contributed by atoms with Gasteiger partial charge in [0.2, 0.25) is 5.91 Å². The fourth-order valence-electron chi connectivity index (χ4n) is 3.88. The van der Waals surface area contributed by atoms with Crippen LogP contribution in [0.4, 0.5) is 23.2 Å². The third-order valence-corrected chi connectivity index (χ3v) is 5.63. The fraction of sp³-hybridized carbons (Fsp3) is 0.292. The number of anilines is 1. The average molecular weight is 565 g/mol. The van der Waals surface area contributed by atoms with Crippen LogP contribution >= 0.6 is 0 Å². The number of halogens is 4. The summed E-state index contributed by atoms with van der Waals surface area (Å²) in [6.45, 7) is -0.524. The number of aromatic nitrogens is 2. The highest BCUT2D eigenvalue weighted by atomic mass is 19.4. The monoisotopic (exact) mass is 565 g/mol. The van der Waals surface area contributed by atoms with Gasteiger partial charge >= 0.3 is 12.3 Å². The van der Waals surface area contributed by atoms with E-state index < -0.39 is 55.1 Å². The van der Waals surface area contributed by atoms with Crippen LogP contribution < -0.4 is 26.0 Å². The number of H-pyrrole nitrogens is 1. The van der Waals surface area contributed by atoms with Gasteiger partial charge in [0.25, 0.3) is 5.91 Å². The van der Waals surface area contributed by atoms with Gasteiger partial charge in [-0.1, -0.05) is 12.1 Å². The number of carbonyl (C=O) groups is 3. The van der Waals surface area contributed by atoms with Crippen LogP contribution in [0.1, 0.15) is 28.4 Å². The lowest BCUT2D eigenvalue weighted by Crippen LogP contribution is -2.41. The maximum Gasteiger partial charge on any atom is 0.573 e. The maximum absolute atomic E-state index is 13.4. The van der Waals surface area contributed by atoms with Gasteiger partial charge in [0, 0.05) is 10.9 Å². The van der Waals surface area contributed by atoms with Gasteiger partial charge in [0.05, 0.1) is 49.5 Å². The van der Waals surface area contributed by atoms with Crippen molar-refractivity contribution in [2.24, 2.45) is 4.99 Å². The van der Waals surface area contributed by atoms with E-state index in [1.165, 1.54) is 30.5 Å². The zero-order chi connectivity index (χ0) is 28.9. The van der Waals surface area contributed by atoms with Crippen molar-refractivity contribution in [1.82, 2.24) is 26.1 Å². The second-order valence-electron chi connectivity index (χ2n) is 8.67. The SMILES string of the molecule is O=C(O)C[C@H](NC(=O)CNC(=O)c1cc(NC2=NCC(F)CN2)c2cn[nH]c2c1)c1cccc(OC(F)(F)F)c1. The molecule has 212 valence electrons. The number of carbonyl (C=O) groups excluding carboxylic acids is 2. The van der Waals surface area contributed by atoms with Gasteiger partial charge in [0.1, 0.15) is 11.9 Å². The first-order valence-electron chi connectivity index (χ1n) is 11.8. The van der Waals surface area contributed by atoms with E-state index >= 15 is 0 Å². The Hall–Kier alpha value is -4.89. The minimum Gasteiger partial charge on any atom is -0.481 e. The zero-order valence-corrected chi connectivity index (χ0v) is 20.5. The Morgan fingerprint density at radius 3 is 2.70 bits per heavy atom. The number of hydrogen-bond donors (Lipinski definition) is 6. The molecule has 2 aromatic carbocycles. The van der Waals surface area contributed by atoms with Crippen LogP contribution in [-0.2, 0) is 9.59 Å². The van der Waals surface area contributed by atoms with E-state index in [0.717, 1.165) is 12.1 Å². The van der Waals surface area contributed by atoms with Crippen molar-refractivity contribution < 1.29 is 41.8 Å². The van der Waals surface area contributed by atoms with Crippen LogP contribution in [0, 0.1) is 0 Å². The van der Waals surface area contributed by atoms with Crippen LogP contribution in [0.15, 0.2) is 47.6 Å². The summed E-state index contributed by atoms with van der Waals surface area (Å²) < 4.78 is 54.9. The molecule has 1 unspecified atom stereocenters. The number of hydrogen-bond acceptors (Lipinski definition) is 8. The summed E-state index contributed by atoms with van der Waals surface area (Å²) in [4.78, 5) is 40.8. The lowest BCUT2D eigenvalue weighted by Gasteiger charge is -2.20. The largest absolute Gasteiger partial charge is 0.573 e. The molecule has 4 rings (SSSR count). The lowest BCUT2D eigenvalue weighted by atomic mass is 10.0. The smallest absolute Gasteiger partial charge is 0.481 e. The van der Waals surface area contributed by atoms with Crippen LogP contribution in [0.2, 0.25) is 0 Å². The second-order valence-corrected chi connectivity index (χ2v) is 8.67. The zero-order valence-electron chi connectivity index (χ0n) is 20.5. The number of aliphatic carboxylic acids is 1. The Morgan fingerprint density at radius 2 is 2.00 bits per heavy atom. The molecule has 1 aliphatic rings. The Kier molecular flexibility index (Phi) is 8.35. The molecule has 0 saturated carbocycles. The number of aliphatic imine (C=N–C) groups is 1. The van der Waals surface area contributed by atoms with Crippen molar-refractivity contribution in [3.8, 4) is 5.75 Å². The number of ether oxygens (including phenoxy) is 1. The molecule has 2 amide bonds. The number of rotatable bonds is 9. The molecule has 3 aromatic rings. The average Bonchev–Trinajstić information content (AvgIpc) is 3.36. The number of guanidine groups is 1. The predicted octanol–water partition coefficient (Wildman–Crippen LogP) is 2.23. The maximum atomic E-state index is 13.4. The summed E-state index contributed by atoms with van der Waals surface area (Å²) in [6.07, 6.45) is -5.19. The molecule has 0 spiro atoms. The minimum atomic E-state index is -4.96. The Bertz CT molecular complexity index is 1440. The van der Waals surface area contributed by atoms with E-state index in [-0.39, 0.29) is 24.2 Å². The number of nitrogens with zero attached hydrogens (tertiary/aromatic N) is 2. The molecule has 0 radical (unpaired) electrons. The van der Waals surface area contributed by atoms with Gasteiger partial charge < -0.3 is 31.1 Å². The first-order chi connectivity index (χ1) is 19.0. The molecule has 40 heavy (non-hydrogen) atoms. The van der Waals surface area contributed by atoms with E-state index in [9.17, 15) is 37.1 Å². The number of amides is 2. The Morgan fingerprint density at radius 1 is 1.20 bits per heavy atom. The summed E-state index contributed by atoms with van der Waals surface area (Å²) in [5, 5.41) is 27.1. The van der Waals surface area contributed by atoms with E-state index in [2.05, 4.69) is 41.2 Å². The van der Waals surface area contributed by atoms with E-state index in [1.807, 2.05) is 0 Å². The van der Waals surface area contributed by atoms with Crippen molar-refractivity contribution in [3.63, 3.8) is 0 Å². The van der Waals surface area contributed by atoms with Gasteiger partial charge in [-0.15, -0.1) is 13.2 Å². The van der Waals surface area contributed by atoms with Gasteiger partial charge in [0.15, 0.2) is 5.96 Å². The quantitative estimate of drug-likeness (QED) is 0.215. The molecule has 12 nitrogen and oxygen atoms in total. The van der Waals surface area contributed by atoms with Crippen molar-refractivity contribution in [1.29, 1.82) is 0 Å². The first kappa shape index (κ1) is 28.1. The second kappa shape index (κ2) is 11.9. The highest BCUT2D eigenvalue weighted by Crippen LogP contribution is 2.27. The molecule has 0 aliphatic carbocycles. The van der Waals surface area contributed by atoms with Crippen molar-refractivity contribution >= 4 is 40.3 Å². The third-order valence-electron chi connectivity index (χ3n) is 5.63. The molecule has 16 heteroatoms. The van der Waals surface area contributed by atoms with E-state index in [0.29, 0.717) is 22.5 Å². The molecular formula is C24H23F4N7O5. The van der Waals surface area contributed by atoms with Crippen LogP contribution in [-0.4, -0.2) is 71.2 Å². The molecule has 1 aliphatic heterocycles. The number of aromatic amines is 1. The van der Waals surface area contributed by atoms with Crippen LogP contribution in [0.3, 0.4) is 0 Å². The number of benzene rings is 2. The van der Waals surface area contributed by atoms with Crippen molar-refractivity contribution in [2.75, 3.05) is 25.0 Å². The number of carboxylic acid groups (broad SMARTS) is 1. The van der Waals surface area contributed by atoms with Crippen molar-refractivity contribution in [2.45, 2.75) is 25.0 Å². The lowest BCUT2D eigenvalue weighted by molar-refractivity contribution is -0.274. The number of nitrogens with one attached hydrogen (secondary N) is 5. The fourth-order valence-corrected chi connectivity index (χ4v) is 3.88. The normalized spacial score (nSPS) is 15.9. The summed E-state index contributed by atoms with van der Waals surface area (Å²) in [5.41, 5.74) is 1.11. The topological polar surface area (TPSA) is 170 Å². The minimum absolute atomic E-state index is 0.0261. The highest BCUT2D eigenvalue weighted by molar-refractivity contribution is 6.07. The third kappa shape index (κ3) is 7.58. The van der Waals surface area contributed by atoms with Crippen LogP contribution in [0.5, 0.6) is 5.75 Å². The van der Waals surface area contributed by atoms with Gasteiger partial charge in [-0.2, -0.15) is 5.10 Å². The molecule has 0 fully saturated rings. The molecule has 0 saturated heterocycles. The van der Waals surface area contributed by atoms with Crippen molar-refractivity contribution in [3.05, 3.63) is 53.7 Å². The number of carboxylic acids is 1. The Balaban J connectivity index is 1.43. The van der Waals surface area contributed by atoms with Gasteiger partial charge in [-0.3, -0.25) is 19.5 Å². The standard InChI is InChI=1S/C24H23F4N7O5/c25-14-8-30-23(31-9-14)34-18-5-13(6-19-16(18)10-32-35-19)22(39)29-11-20(36)33-17(7-21(37)38)12-2-1-3-15(4-12)40-24(26,27)28/h1-6,10,14,17H,7-9,11H2,(H,29,39)(H,32,35)(H,33,36)(H,37,38)(H2,30,31,34)/t17-/m0/s1. The highest BCUT2D eigenvalue weighted by Gasteiger charge is 2.31. The summed E-state index contributed by atoms with van der Waals surface area (Å²) in [7, 11) is 0. The van der Waals surface area contributed by atoms with Gasteiger partial charge in [-0.05, 0) is 29.8 Å². The van der Waals surface area contributed by atoms with E-state index in [1.54, 1.807) is 0 Å². The molecular weight excluding hydrogens is 542 g/mol. The van der Waals surface area contributed by atoms with Crippen LogP contribution in [0.25, 0.3) is 10.9 Å². The summed E-state index contributed by atoms with van der Waals surface area (Å²) in [5.74, 6) is -3.04. The predicted molar refractivity (Wildman–Crippen MR) is 134 cm³/mol. The molecule has 0 bridgehead atoms. The molecule has 2 heterocycles.